The number of imide groups is 2. The minimum Gasteiger partial charge on any atom is -0.330 e. The summed E-state index contributed by atoms with van der Waals surface area (Å²) in [7, 11) is -4.76. The topological polar surface area (TPSA) is 155 Å². The first-order valence-corrected chi connectivity index (χ1v) is 9.19. The van der Waals surface area contributed by atoms with Crippen LogP contribution >= 0.6 is 0 Å². The van der Waals surface area contributed by atoms with Gasteiger partial charge < -0.3 is 4.84 Å². The number of amides is 4. The maximum absolute atomic E-state index is 11.7. The Kier molecular flexibility index (Phi) is 5.87. The van der Waals surface area contributed by atoms with Gasteiger partial charge in [-0.25, -0.2) is 4.79 Å². The van der Waals surface area contributed by atoms with Crippen LogP contribution in [0.2, 0.25) is 0 Å². The minimum absolute atomic E-state index is 0.0496. The number of hydrogen-bond donors (Lipinski definition) is 1. The van der Waals surface area contributed by atoms with Crippen LogP contribution in [-0.4, -0.2) is 64.3 Å². The zero-order valence-corrected chi connectivity index (χ0v) is 14.3. The van der Waals surface area contributed by atoms with Gasteiger partial charge in [-0.2, -0.15) is 8.42 Å². The number of carbonyl (C=O) groups is 5. The van der Waals surface area contributed by atoms with Crippen LogP contribution in [0.25, 0.3) is 0 Å². The zero-order valence-electron chi connectivity index (χ0n) is 13.5. The first-order chi connectivity index (χ1) is 12.1. The molecule has 11 nitrogen and oxygen atoms in total. The molecule has 2 rings (SSSR count). The van der Waals surface area contributed by atoms with Gasteiger partial charge in [0.25, 0.3) is 33.7 Å². The lowest BCUT2D eigenvalue weighted by Gasteiger charge is -2.14. The van der Waals surface area contributed by atoms with Crippen molar-refractivity contribution in [2.45, 2.75) is 37.4 Å². The number of nitrogens with zero attached hydrogens (tertiary/aromatic N) is 2. The smallest absolute Gasteiger partial charge is 0.330 e. The molecule has 0 aromatic carbocycles. The fourth-order valence-electron chi connectivity index (χ4n) is 2.43. The van der Waals surface area contributed by atoms with Crippen molar-refractivity contribution in [1.29, 1.82) is 0 Å². The van der Waals surface area contributed by atoms with Crippen molar-refractivity contribution in [3.05, 3.63) is 12.2 Å². The molecule has 0 bridgehead atoms. The van der Waals surface area contributed by atoms with Gasteiger partial charge in [0.05, 0.1) is 6.42 Å². The third-order valence-corrected chi connectivity index (χ3v) is 4.87. The Morgan fingerprint density at radius 3 is 2.27 bits per heavy atom. The highest BCUT2D eigenvalue weighted by Crippen LogP contribution is 2.20. The molecule has 26 heavy (non-hydrogen) atoms. The van der Waals surface area contributed by atoms with E-state index in [4.69, 9.17) is 4.55 Å². The predicted molar refractivity (Wildman–Crippen MR) is 82.2 cm³/mol. The summed E-state index contributed by atoms with van der Waals surface area (Å²) in [5.41, 5.74) is 0. The number of hydrogen-bond acceptors (Lipinski definition) is 8. The van der Waals surface area contributed by atoms with Crippen LogP contribution in [0.4, 0.5) is 0 Å². The highest BCUT2D eigenvalue weighted by atomic mass is 32.2. The lowest BCUT2D eigenvalue weighted by atomic mass is 10.2. The molecule has 0 spiro atoms. The molecule has 0 aromatic heterocycles. The van der Waals surface area contributed by atoms with E-state index < -0.39 is 51.4 Å². The molecule has 12 heteroatoms. The number of unbranched alkanes of at least 4 members (excludes halogenated alkanes) is 2. The Bertz CT molecular complexity index is 768. The second-order valence-corrected chi connectivity index (χ2v) is 7.27. The minimum atomic E-state index is -4.76. The van der Waals surface area contributed by atoms with E-state index in [0.717, 1.165) is 4.90 Å². The molecule has 1 saturated heterocycles. The Balaban J connectivity index is 1.71. The van der Waals surface area contributed by atoms with Crippen LogP contribution in [0.15, 0.2) is 12.2 Å². The van der Waals surface area contributed by atoms with Crippen LogP contribution in [0.1, 0.15) is 32.1 Å². The van der Waals surface area contributed by atoms with Gasteiger partial charge in [0.1, 0.15) is 0 Å². The molecule has 0 aromatic rings. The average molecular weight is 388 g/mol. The molecular weight excluding hydrogens is 372 g/mol. The van der Waals surface area contributed by atoms with Gasteiger partial charge >= 0.3 is 5.97 Å². The summed E-state index contributed by atoms with van der Waals surface area (Å²) in [5.74, 6) is -4.06. The second-order valence-electron chi connectivity index (χ2n) is 5.67. The first kappa shape index (κ1) is 19.7. The third kappa shape index (κ3) is 4.52. The third-order valence-electron chi connectivity index (χ3n) is 3.78. The van der Waals surface area contributed by atoms with E-state index >= 15 is 0 Å². The molecule has 2 heterocycles. The Morgan fingerprint density at radius 2 is 1.73 bits per heavy atom. The fraction of sp³-hybridized carbons (Fsp3) is 0.500. The average Bonchev–Trinajstić information content (AvgIpc) is 3.01. The summed E-state index contributed by atoms with van der Waals surface area (Å²) in [5, 5.41) is -1.92. The van der Waals surface area contributed by atoms with E-state index in [1.54, 1.807) is 0 Å². The number of hydroxylamine groups is 2. The van der Waals surface area contributed by atoms with Crippen molar-refractivity contribution in [1.82, 2.24) is 9.96 Å². The molecule has 142 valence electrons. The molecular formula is C14H16N2O9S. The van der Waals surface area contributed by atoms with Crippen molar-refractivity contribution in [2.24, 2.45) is 0 Å². The SMILES string of the molecule is O=C(CCCCCN1C(=O)C=CC1=O)ON1C(=O)C[C@H](S(=O)(=O)O)C1=O. The van der Waals surface area contributed by atoms with Crippen molar-refractivity contribution in [2.75, 3.05) is 6.54 Å². The second kappa shape index (κ2) is 7.74. The summed E-state index contributed by atoms with van der Waals surface area (Å²) in [4.78, 5) is 63.2. The summed E-state index contributed by atoms with van der Waals surface area (Å²) < 4.78 is 30.8. The van der Waals surface area contributed by atoms with Gasteiger partial charge in [0.15, 0.2) is 5.25 Å². The van der Waals surface area contributed by atoms with Crippen LogP contribution in [-0.2, 0) is 38.9 Å². The van der Waals surface area contributed by atoms with Crippen LogP contribution in [0.5, 0.6) is 0 Å². The predicted octanol–water partition coefficient (Wildman–Crippen LogP) is -1.05. The van der Waals surface area contributed by atoms with Gasteiger partial charge in [-0.05, 0) is 12.8 Å². The molecule has 2 aliphatic rings. The van der Waals surface area contributed by atoms with Gasteiger partial charge in [-0.3, -0.25) is 28.6 Å². The maximum atomic E-state index is 11.7. The Labute approximate surface area is 148 Å². The van der Waals surface area contributed by atoms with Gasteiger partial charge in [0, 0.05) is 25.1 Å². The van der Waals surface area contributed by atoms with E-state index in [-0.39, 0.29) is 18.0 Å². The van der Waals surface area contributed by atoms with E-state index in [1.807, 2.05) is 0 Å². The van der Waals surface area contributed by atoms with E-state index in [2.05, 4.69) is 4.84 Å². The van der Waals surface area contributed by atoms with Crippen molar-refractivity contribution < 1.29 is 41.8 Å². The first-order valence-electron chi connectivity index (χ1n) is 7.68. The molecule has 0 aliphatic carbocycles. The lowest BCUT2D eigenvalue weighted by Crippen LogP contribution is -2.36. The molecule has 1 atom stereocenters. The largest absolute Gasteiger partial charge is 0.333 e. The van der Waals surface area contributed by atoms with Gasteiger partial charge in [0.2, 0.25) is 0 Å². The van der Waals surface area contributed by atoms with E-state index in [1.165, 1.54) is 12.2 Å². The summed E-state index contributed by atoms with van der Waals surface area (Å²) in [6.45, 7) is 0.207. The summed E-state index contributed by atoms with van der Waals surface area (Å²) >= 11 is 0. The van der Waals surface area contributed by atoms with Gasteiger partial charge in [-0.1, -0.05) is 6.42 Å². The van der Waals surface area contributed by atoms with Crippen molar-refractivity contribution in [3.8, 4) is 0 Å². The fourth-order valence-corrected chi connectivity index (χ4v) is 3.13. The quantitative estimate of drug-likeness (QED) is 0.311. The highest BCUT2D eigenvalue weighted by molar-refractivity contribution is 7.87. The van der Waals surface area contributed by atoms with Crippen LogP contribution in [0.3, 0.4) is 0 Å². The number of carbonyl (C=O) groups excluding carboxylic acids is 5. The summed E-state index contributed by atoms with van der Waals surface area (Å²) in [6, 6.07) is 0. The van der Waals surface area contributed by atoms with Crippen LogP contribution in [0, 0.1) is 0 Å². The summed E-state index contributed by atoms with van der Waals surface area (Å²) in [6.07, 6.45) is 2.62. The normalized spacial score (nSPS) is 20.4. The number of rotatable bonds is 8. The molecule has 1 N–H and O–H groups in total. The Morgan fingerprint density at radius 1 is 1.12 bits per heavy atom. The highest BCUT2D eigenvalue weighted by Gasteiger charge is 2.48. The van der Waals surface area contributed by atoms with Crippen LogP contribution < -0.4 is 0 Å². The van der Waals surface area contributed by atoms with Gasteiger partial charge in [-0.15, -0.1) is 5.06 Å². The Hall–Kier alpha value is -2.60. The van der Waals surface area contributed by atoms with Crippen molar-refractivity contribution in [3.63, 3.8) is 0 Å². The zero-order chi connectivity index (χ0) is 19.5. The maximum Gasteiger partial charge on any atom is 0.333 e. The monoisotopic (exact) mass is 388 g/mol. The molecule has 0 unspecified atom stereocenters. The molecule has 0 saturated carbocycles. The molecule has 0 radical (unpaired) electrons. The van der Waals surface area contributed by atoms with E-state index in [9.17, 15) is 32.4 Å². The lowest BCUT2D eigenvalue weighted by molar-refractivity contribution is -0.197. The molecule has 4 amide bonds. The van der Waals surface area contributed by atoms with E-state index in [0.29, 0.717) is 19.3 Å². The molecule has 1 fully saturated rings. The molecule has 2 aliphatic heterocycles. The standard InChI is InChI=1S/C14H16N2O9S/c17-10-5-6-11(18)15(10)7-3-1-2-4-13(20)25-16-12(19)8-9(14(16)21)26(22,23)24/h5-6,9H,1-4,7-8H2,(H,22,23,24)/t9-/m0/s1. The van der Waals surface area contributed by atoms with Crippen molar-refractivity contribution >= 4 is 39.7 Å².